The second-order valence-corrected chi connectivity index (χ2v) is 5.76. The van der Waals surface area contributed by atoms with E-state index in [0.29, 0.717) is 0 Å². The highest BCUT2D eigenvalue weighted by atomic mass is 16.6. The van der Waals surface area contributed by atoms with Crippen LogP contribution in [0.25, 0.3) is 10.9 Å². The molecule has 8 heteroatoms. The van der Waals surface area contributed by atoms with Gasteiger partial charge in [-0.1, -0.05) is 18.2 Å². The van der Waals surface area contributed by atoms with Gasteiger partial charge in [-0.15, -0.1) is 0 Å². The highest BCUT2D eigenvalue weighted by molar-refractivity contribution is 5.96. The number of nitrogens with zero attached hydrogens (tertiary/aromatic N) is 1. The summed E-state index contributed by atoms with van der Waals surface area (Å²) in [6.45, 7) is 1.89. The average molecular weight is 352 g/mol. The fraction of sp³-hybridized carbons (Fsp3) is 0.111. The van der Waals surface area contributed by atoms with Crippen molar-refractivity contribution < 1.29 is 14.5 Å². The first-order valence-corrected chi connectivity index (χ1v) is 7.85. The van der Waals surface area contributed by atoms with Gasteiger partial charge in [0.25, 0.3) is 11.6 Å². The van der Waals surface area contributed by atoms with Crippen molar-refractivity contribution in [3.63, 3.8) is 0 Å². The van der Waals surface area contributed by atoms with Crippen molar-refractivity contribution in [2.24, 2.45) is 0 Å². The number of rotatable bonds is 4. The fourth-order valence-corrected chi connectivity index (χ4v) is 2.70. The molecule has 0 fully saturated rings. The molecule has 26 heavy (non-hydrogen) atoms. The lowest BCUT2D eigenvalue weighted by Crippen LogP contribution is -2.42. The topological polar surface area (TPSA) is 117 Å². The third kappa shape index (κ3) is 3.54. The number of aromatic amines is 1. The summed E-state index contributed by atoms with van der Waals surface area (Å²) >= 11 is 0. The number of para-hydroxylation sites is 1. The highest BCUT2D eigenvalue weighted by Gasteiger charge is 2.14. The molecule has 2 aromatic carbocycles. The lowest BCUT2D eigenvalue weighted by Gasteiger charge is -2.07. The second kappa shape index (κ2) is 7.06. The standard InChI is InChI=1S/C18H16N4O4/c1-11-15(14-4-2-3-5-16(14)19-11)10-17(23)20-21-18(24)12-6-8-13(9-7-12)22(25)26/h2-9,19H,10H2,1H3,(H,20,23)(H,21,24). The maximum absolute atomic E-state index is 12.2. The van der Waals surface area contributed by atoms with Crippen LogP contribution in [0, 0.1) is 17.0 Å². The molecular formula is C18H16N4O4. The summed E-state index contributed by atoms with van der Waals surface area (Å²) < 4.78 is 0. The van der Waals surface area contributed by atoms with Crippen LogP contribution in [-0.2, 0) is 11.2 Å². The first kappa shape index (κ1) is 17.2. The zero-order chi connectivity index (χ0) is 18.7. The van der Waals surface area contributed by atoms with E-state index in [1.54, 1.807) is 0 Å². The van der Waals surface area contributed by atoms with Crippen molar-refractivity contribution in [2.45, 2.75) is 13.3 Å². The van der Waals surface area contributed by atoms with Gasteiger partial charge in [0.05, 0.1) is 11.3 Å². The van der Waals surface area contributed by atoms with E-state index in [1.165, 1.54) is 24.3 Å². The van der Waals surface area contributed by atoms with Crippen molar-refractivity contribution in [1.29, 1.82) is 0 Å². The van der Waals surface area contributed by atoms with Gasteiger partial charge in [0.15, 0.2) is 0 Å². The van der Waals surface area contributed by atoms with E-state index in [1.807, 2.05) is 31.2 Å². The predicted octanol–water partition coefficient (Wildman–Crippen LogP) is 2.39. The molecule has 1 heterocycles. The monoisotopic (exact) mass is 352 g/mol. The molecule has 0 atom stereocenters. The summed E-state index contributed by atoms with van der Waals surface area (Å²) in [4.78, 5) is 37.4. The van der Waals surface area contributed by atoms with Crippen LogP contribution in [0.1, 0.15) is 21.6 Å². The number of H-pyrrole nitrogens is 1. The Morgan fingerprint density at radius 3 is 2.46 bits per heavy atom. The minimum atomic E-state index is -0.552. The van der Waals surface area contributed by atoms with Gasteiger partial charge in [-0.25, -0.2) is 0 Å². The molecule has 1 aromatic heterocycles. The van der Waals surface area contributed by atoms with E-state index < -0.39 is 10.8 Å². The average Bonchev–Trinajstić information content (AvgIpc) is 2.95. The molecule has 0 saturated heterocycles. The first-order chi connectivity index (χ1) is 12.5. The summed E-state index contributed by atoms with van der Waals surface area (Å²) in [5.74, 6) is -0.919. The molecule has 8 nitrogen and oxygen atoms in total. The van der Waals surface area contributed by atoms with Gasteiger partial charge in [-0.3, -0.25) is 30.6 Å². The van der Waals surface area contributed by atoms with E-state index in [9.17, 15) is 19.7 Å². The number of hydrogen-bond acceptors (Lipinski definition) is 4. The van der Waals surface area contributed by atoms with E-state index in [2.05, 4.69) is 15.8 Å². The zero-order valence-corrected chi connectivity index (χ0v) is 13.9. The van der Waals surface area contributed by atoms with Crippen LogP contribution in [0.15, 0.2) is 48.5 Å². The van der Waals surface area contributed by atoms with E-state index >= 15 is 0 Å². The third-order valence-electron chi connectivity index (χ3n) is 4.02. The fourth-order valence-electron chi connectivity index (χ4n) is 2.70. The molecule has 3 N–H and O–H groups in total. The lowest BCUT2D eigenvalue weighted by atomic mass is 10.1. The molecule has 0 saturated carbocycles. The Morgan fingerprint density at radius 1 is 1.08 bits per heavy atom. The van der Waals surface area contributed by atoms with Crippen molar-refractivity contribution in [3.05, 3.63) is 75.5 Å². The van der Waals surface area contributed by atoms with Gasteiger partial charge in [-0.05, 0) is 30.7 Å². The molecule has 0 unspecified atom stereocenters. The van der Waals surface area contributed by atoms with Gasteiger partial charge in [0.2, 0.25) is 5.91 Å². The highest BCUT2D eigenvalue weighted by Crippen LogP contribution is 2.22. The van der Waals surface area contributed by atoms with Crippen molar-refractivity contribution in [2.75, 3.05) is 0 Å². The molecule has 0 bridgehead atoms. The Bertz CT molecular complexity index is 992. The van der Waals surface area contributed by atoms with Crippen LogP contribution in [-0.4, -0.2) is 21.7 Å². The molecule has 132 valence electrons. The van der Waals surface area contributed by atoms with E-state index in [4.69, 9.17) is 0 Å². The Balaban J connectivity index is 1.62. The van der Waals surface area contributed by atoms with Crippen molar-refractivity contribution in [3.8, 4) is 0 Å². The van der Waals surface area contributed by atoms with Crippen LogP contribution in [0.4, 0.5) is 5.69 Å². The number of aryl methyl sites for hydroxylation is 1. The van der Waals surface area contributed by atoms with Crippen LogP contribution in [0.3, 0.4) is 0 Å². The number of aromatic nitrogens is 1. The summed E-state index contributed by atoms with van der Waals surface area (Å²) in [6.07, 6.45) is 0.108. The Labute approximate surface area is 148 Å². The van der Waals surface area contributed by atoms with Gasteiger partial charge in [0, 0.05) is 34.3 Å². The summed E-state index contributed by atoms with van der Waals surface area (Å²) in [7, 11) is 0. The van der Waals surface area contributed by atoms with Gasteiger partial charge < -0.3 is 4.98 Å². The van der Waals surface area contributed by atoms with Crippen molar-refractivity contribution >= 4 is 28.4 Å². The Morgan fingerprint density at radius 2 is 1.77 bits per heavy atom. The molecule has 0 aliphatic carbocycles. The van der Waals surface area contributed by atoms with Crippen LogP contribution < -0.4 is 10.9 Å². The summed E-state index contributed by atoms with van der Waals surface area (Å²) in [6, 6.07) is 12.8. The number of fused-ring (bicyclic) bond motifs is 1. The lowest BCUT2D eigenvalue weighted by molar-refractivity contribution is -0.384. The number of nitrogens with one attached hydrogen (secondary N) is 3. The maximum atomic E-state index is 12.2. The second-order valence-electron chi connectivity index (χ2n) is 5.76. The molecule has 0 aliphatic heterocycles. The number of carbonyl (C=O) groups is 2. The number of nitro benzene ring substituents is 1. The third-order valence-corrected chi connectivity index (χ3v) is 4.02. The molecule has 0 spiro atoms. The number of hydrogen-bond donors (Lipinski definition) is 3. The molecule has 3 rings (SSSR count). The largest absolute Gasteiger partial charge is 0.358 e. The molecule has 2 amide bonds. The van der Waals surface area contributed by atoms with Crippen LogP contribution >= 0.6 is 0 Å². The molecule has 0 radical (unpaired) electrons. The molecule has 3 aromatic rings. The van der Waals surface area contributed by atoms with Crippen molar-refractivity contribution in [1.82, 2.24) is 15.8 Å². The normalized spacial score (nSPS) is 10.5. The van der Waals surface area contributed by atoms with E-state index in [-0.39, 0.29) is 23.6 Å². The minimum absolute atomic E-state index is 0.108. The van der Waals surface area contributed by atoms with Gasteiger partial charge >= 0.3 is 0 Å². The number of amides is 2. The number of benzene rings is 2. The van der Waals surface area contributed by atoms with Crippen LogP contribution in [0.5, 0.6) is 0 Å². The summed E-state index contributed by atoms with van der Waals surface area (Å²) in [5, 5.41) is 11.6. The smallest absolute Gasteiger partial charge is 0.269 e. The zero-order valence-electron chi connectivity index (χ0n) is 13.9. The molecular weight excluding hydrogens is 336 g/mol. The SMILES string of the molecule is Cc1[nH]c2ccccc2c1CC(=O)NNC(=O)c1ccc([N+](=O)[O-])cc1. The number of carbonyl (C=O) groups excluding carboxylic acids is 2. The quantitative estimate of drug-likeness (QED) is 0.493. The molecule has 0 aliphatic rings. The number of non-ortho nitro benzene ring substituents is 1. The minimum Gasteiger partial charge on any atom is -0.358 e. The number of nitro groups is 1. The Kier molecular flexibility index (Phi) is 4.66. The van der Waals surface area contributed by atoms with Crippen LogP contribution in [0.2, 0.25) is 0 Å². The predicted molar refractivity (Wildman–Crippen MR) is 95.4 cm³/mol. The maximum Gasteiger partial charge on any atom is 0.269 e. The van der Waals surface area contributed by atoms with Gasteiger partial charge in [-0.2, -0.15) is 0 Å². The number of hydrazine groups is 1. The van der Waals surface area contributed by atoms with E-state index in [0.717, 1.165) is 22.2 Å². The summed E-state index contributed by atoms with van der Waals surface area (Å²) in [5.41, 5.74) is 7.47. The first-order valence-electron chi connectivity index (χ1n) is 7.85. The Hall–Kier alpha value is -3.68. The van der Waals surface area contributed by atoms with Gasteiger partial charge in [0.1, 0.15) is 0 Å².